The van der Waals surface area contributed by atoms with Crippen molar-refractivity contribution in [3.05, 3.63) is 117 Å². The Morgan fingerprint density at radius 1 is 0.759 bits per heavy atom. The molecule has 3 aromatic carbocycles. The Kier molecular flexibility index (Phi) is 13.8. The molecule has 0 aromatic heterocycles. The van der Waals surface area contributed by atoms with Gasteiger partial charge in [0, 0.05) is 63.5 Å². The molecule has 1 heterocycles. The Morgan fingerprint density at radius 3 is 2.33 bits per heavy atom. The number of hydrogen-bond acceptors (Lipinski definition) is 10. The zero-order chi connectivity index (χ0) is 59.8. The number of aliphatic hydroxyl groups is 6. The molecule has 1 aliphatic heterocycles. The number of esters is 1. The fourth-order valence-electron chi connectivity index (χ4n) is 26.0. The van der Waals surface area contributed by atoms with E-state index < -0.39 is 86.4 Å². The normalized spacial score (nSPS) is 47.6. The minimum absolute atomic E-state index is 0.0621. The third kappa shape index (κ3) is 7.90. The van der Waals surface area contributed by atoms with Crippen LogP contribution in [0.3, 0.4) is 0 Å². The van der Waals surface area contributed by atoms with E-state index in [1.54, 1.807) is 6.08 Å². The summed E-state index contributed by atoms with van der Waals surface area (Å²) in [6, 6.07) is 24.6. The van der Waals surface area contributed by atoms with Crippen molar-refractivity contribution in [2.45, 2.75) is 228 Å². The van der Waals surface area contributed by atoms with Crippen LogP contribution in [-0.2, 0) is 33.8 Å². The Labute approximate surface area is 516 Å². The number of ether oxygens (including phenoxy) is 1. The van der Waals surface area contributed by atoms with Gasteiger partial charge in [0.2, 0.25) is 0 Å². The van der Waals surface area contributed by atoms with Crippen LogP contribution in [0.15, 0.2) is 78.4 Å². The summed E-state index contributed by atoms with van der Waals surface area (Å²) < 4.78 is 6.58. The van der Waals surface area contributed by atoms with Crippen LogP contribution in [0.25, 0.3) is 0 Å². The highest BCUT2D eigenvalue weighted by molar-refractivity contribution is 5.86. The second-order valence-corrected chi connectivity index (χ2v) is 32.3. The molecule has 87 heavy (non-hydrogen) atoms. The second kappa shape index (κ2) is 20.7. The molecular weight excluding hydrogens is 1080 g/mol. The van der Waals surface area contributed by atoms with Crippen LogP contribution in [0.2, 0.25) is 0 Å². The Balaban J connectivity index is 0.937. The summed E-state index contributed by atoms with van der Waals surface area (Å²) in [6.45, 7) is 4.54. The van der Waals surface area contributed by atoms with E-state index in [2.05, 4.69) is 85.6 Å². The van der Waals surface area contributed by atoms with E-state index in [0.717, 1.165) is 112 Å². The number of likely N-dealkylation sites (N-methyl/N-ethyl adjacent to an activating group) is 1. The summed E-state index contributed by atoms with van der Waals surface area (Å²) in [5.41, 5.74) is -1.43. The summed E-state index contributed by atoms with van der Waals surface area (Å²) in [5, 5.41) is 88.8. The molecule has 16 aliphatic carbocycles. The van der Waals surface area contributed by atoms with Crippen molar-refractivity contribution >= 4 is 12.3 Å². The molecule has 24 atom stereocenters. The molecule has 10 nitrogen and oxygen atoms in total. The number of fused-ring (bicyclic) bond motifs is 1. The molecule has 7 N–H and O–H groups in total. The van der Waals surface area contributed by atoms with Gasteiger partial charge in [-0.05, 0) is 234 Å². The standard InChI is InChI=1S/C77H97NO9/c1-4-57-52-15-7-10-45(31-52)30-46-22-26-71(38-46)27-23-48-13-8-17-55(40-79)58(48)36-64(78-3)59-34-56-39-75(84)73(41-71,67(56)60-37-66(81)87-68(59)60)29-25-65-74(43-80)42-72(28-24-54-33-51(19-20-61(54)72)50-14-9-16-53(57)32-50)69(82)62-21-18-49(44(2)47-11-5-6-12-47)35-63(76(62,74)85)70(83)77(65,75)86/h7-10,13-17,31-32,37,43-44,46-47,49,51,54,56-57,59,61-65,67-70,78-79,82-86H,4-6,11-12,18-22,24-26,28-30,33-36,38-42H2,1-3H3/t44-,46-,49-,51-,54-,56+,57+,59+,61+,62-,63-,64+,65+,67+,68+,69+,70-,71-,72-,73-,74-,75+,76+,77+/m0/s1. The maximum Gasteiger partial charge on any atom is 0.331 e. The molecule has 17 bridgehead atoms. The fourth-order valence-corrected chi connectivity index (χ4v) is 26.0. The van der Waals surface area contributed by atoms with Crippen molar-refractivity contribution < 1.29 is 45.0 Å². The van der Waals surface area contributed by atoms with Crippen LogP contribution in [0.4, 0.5) is 0 Å². The summed E-state index contributed by atoms with van der Waals surface area (Å²) in [7, 11) is 1.96. The van der Waals surface area contributed by atoms with E-state index in [1.165, 1.54) is 35.1 Å². The van der Waals surface area contributed by atoms with E-state index in [-0.39, 0.29) is 73.3 Å². The van der Waals surface area contributed by atoms with E-state index in [4.69, 9.17) is 4.74 Å². The van der Waals surface area contributed by atoms with Gasteiger partial charge in [0.05, 0.1) is 29.8 Å². The van der Waals surface area contributed by atoms with Crippen molar-refractivity contribution in [3.63, 3.8) is 0 Å². The number of aldehydes is 1. The molecule has 17 aliphatic rings. The molecule has 10 saturated carbocycles. The molecule has 10 heteroatoms. The van der Waals surface area contributed by atoms with Gasteiger partial charge in [0.25, 0.3) is 0 Å². The highest BCUT2D eigenvalue weighted by Gasteiger charge is 2.87. The van der Waals surface area contributed by atoms with Gasteiger partial charge >= 0.3 is 5.97 Å². The largest absolute Gasteiger partial charge is 0.454 e. The van der Waals surface area contributed by atoms with Gasteiger partial charge in [0.15, 0.2) is 0 Å². The molecule has 3 spiro atoms. The van der Waals surface area contributed by atoms with Gasteiger partial charge < -0.3 is 45.5 Å². The lowest BCUT2D eigenvalue weighted by Gasteiger charge is -2.75. The van der Waals surface area contributed by atoms with Crippen LogP contribution in [0.1, 0.15) is 206 Å². The van der Waals surface area contributed by atoms with Crippen molar-refractivity contribution in [1.29, 1.82) is 0 Å². The number of benzene rings is 3. The summed E-state index contributed by atoms with van der Waals surface area (Å²) >= 11 is 0. The molecule has 20 rings (SSSR count). The van der Waals surface area contributed by atoms with E-state index in [9.17, 15) is 25.2 Å². The molecule has 0 amide bonds. The first-order valence-corrected chi connectivity index (χ1v) is 35.0. The molecule has 3 aromatic rings. The predicted octanol–water partition coefficient (Wildman–Crippen LogP) is 11.2. The number of carbonyl (C=O) groups is 2. The molecule has 0 unspecified atom stereocenters. The maximum atomic E-state index is 15.8. The van der Waals surface area contributed by atoms with Gasteiger partial charge in [-0.25, -0.2) is 4.79 Å². The monoisotopic (exact) mass is 1180 g/mol. The number of rotatable bonds is 6. The van der Waals surface area contributed by atoms with Crippen molar-refractivity contribution in [2.75, 3.05) is 7.05 Å². The molecular formula is C77H97NO9. The van der Waals surface area contributed by atoms with E-state index in [1.807, 2.05) is 19.2 Å². The minimum atomic E-state index is -2.28. The molecule has 10 fully saturated rings. The first-order chi connectivity index (χ1) is 42.0. The number of nitrogens with one attached hydrogen (secondary N) is 1. The third-order valence-electron chi connectivity index (χ3n) is 29.5. The lowest BCUT2D eigenvalue weighted by atomic mass is 9.32. The van der Waals surface area contributed by atoms with Crippen LogP contribution < -0.4 is 5.32 Å². The van der Waals surface area contributed by atoms with Gasteiger partial charge in [-0.3, -0.25) is 0 Å². The lowest BCUT2D eigenvalue weighted by molar-refractivity contribution is -0.386. The lowest BCUT2D eigenvalue weighted by Crippen LogP contribution is -2.86. The van der Waals surface area contributed by atoms with Crippen molar-refractivity contribution in [3.8, 4) is 11.8 Å². The van der Waals surface area contributed by atoms with E-state index in [0.29, 0.717) is 56.3 Å². The molecule has 464 valence electrons. The second-order valence-electron chi connectivity index (χ2n) is 32.3. The predicted molar refractivity (Wildman–Crippen MR) is 332 cm³/mol. The zero-order valence-electron chi connectivity index (χ0n) is 52.0. The highest BCUT2D eigenvalue weighted by Crippen LogP contribution is 2.81. The van der Waals surface area contributed by atoms with Crippen LogP contribution >= 0.6 is 0 Å². The topological polar surface area (TPSA) is 177 Å². The van der Waals surface area contributed by atoms with E-state index >= 15 is 15.0 Å². The summed E-state index contributed by atoms with van der Waals surface area (Å²) in [6.07, 6.45) is 17.2. The Morgan fingerprint density at radius 2 is 1.54 bits per heavy atom. The van der Waals surface area contributed by atoms with Crippen LogP contribution in [-0.4, -0.2) is 91.1 Å². The van der Waals surface area contributed by atoms with Gasteiger partial charge in [-0.15, -0.1) is 0 Å². The van der Waals surface area contributed by atoms with Crippen LogP contribution in [0.5, 0.6) is 0 Å². The third-order valence-corrected chi connectivity index (χ3v) is 29.5. The highest BCUT2D eigenvalue weighted by atomic mass is 16.5. The number of hydrogen-bond donors (Lipinski definition) is 7. The van der Waals surface area contributed by atoms with Crippen LogP contribution in [0, 0.1) is 105 Å². The van der Waals surface area contributed by atoms with Gasteiger partial charge in [-0.1, -0.05) is 112 Å². The zero-order valence-corrected chi connectivity index (χ0v) is 52.0. The quantitative estimate of drug-likeness (QED) is 0.0714. The maximum absolute atomic E-state index is 15.8. The summed E-state index contributed by atoms with van der Waals surface area (Å²) in [4.78, 5) is 30.1. The van der Waals surface area contributed by atoms with Crippen molar-refractivity contribution in [2.24, 2.45) is 92.7 Å². The average molecular weight is 1180 g/mol. The fraction of sp³-hybridized carbons (Fsp3) is 0.688. The average Bonchev–Trinajstić information content (AvgIpc) is 1.63. The number of aliphatic hydroxyl groups excluding tert-OH is 3. The Hall–Kier alpha value is -4.18. The molecule has 0 saturated heterocycles. The van der Waals surface area contributed by atoms with Gasteiger partial charge in [0.1, 0.15) is 23.6 Å². The first-order valence-electron chi connectivity index (χ1n) is 35.0. The van der Waals surface area contributed by atoms with Gasteiger partial charge in [-0.2, -0.15) is 0 Å². The first kappa shape index (κ1) is 57.9. The smallest absolute Gasteiger partial charge is 0.331 e. The summed E-state index contributed by atoms with van der Waals surface area (Å²) in [5.74, 6) is 5.91. The SMILES string of the molecule is CC[C@@H]1c2cccc(c2)C[C@@H]2CC[C@]3(C#Cc4cccc(CO)c4C[C@@H](NC)[C@H]4C[C@@H]5C[C@@]6(O)[C@@](CC[C@H]7[C@@]6(O)[C@@H](O)[C@@H]6C[C@@H]([C@@H](C)C8CCCC8)CC[C@H]8[C@@H](O)[C@@]9(CC[C@H]%10C[C@H](CC[C@H]%109)c9cccc1c9)C[C@@]7(C=O)[C@@]86O)(C3)[C@H]5C1=CC(=O)O[C@@H]14)C2. The molecule has 0 radical (unpaired) electrons. The van der Waals surface area contributed by atoms with Crippen molar-refractivity contribution in [1.82, 2.24) is 5.32 Å². The number of carbonyl (C=O) groups excluding carboxylic acids is 2. The minimum Gasteiger partial charge on any atom is -0.454 e. The Bertz CT molecular complexity index is 3340.